The first-order valence-corrected chi connectivity index (χ1v) is 15.4. The summed E-state index contributed by atoms with van der Waals surface area (Å²) in [6.45, 7) is 9.39. The number of nitrogens with zero attached hydrogens (tertiary/aromatic N) is 4. The van der Waals surface area contributed by atoms with Crippen LogP contribution in [-0.2, 0) is 42.2 Å². The molecule has 0 spiro atoms. The van der Waals surface area contributed by atoms with Gasteiger partial charge in [-0.05, 0) is 43.9 Å². The zero-order chi connectivity index (χ0) is 32.1. The van der Waals surface area contributed by atoms with E-state index in [-0.39, 0.29) is 5.56 Å². The SMILES string of the molecule is CC(=O)O[C@H]1[C@H](C)[C@H](ONC(=O)c2cnc(N3CCC(CNCc4cn(C)c5ccccc45)CC3)nc2)O[C@@H](C)[C@H]1OC(C)=O. The van der Waals surface area contributed by atoms with E-state index in [1.54, 1.807) is 13.8 Å². The number of hydrogen-bond acceptors (Lipinski definition) is 11. The third kappa shape index (κ3) is 7.78. The fourth-order valence-electron chi connectivity index (χ4n) is 6.08. The largest absolute Gasteiger partial charge is 0.458 e. The lowest BCUT2D eigenvalue weighted by molar-refractivity contribution is -0.290. The molecule has 13 heteroatoms. The van der Waals surface area contributed by atoms with Crippen molar-refractivity contribution in [3.8, 4) is 0 Å². The highest BCUT2D eigenvalue weighted by molar-refractivity contribution is 5.92. The lowest BCUT2D eigenvalue weighted by atomic mass is 9.92. The number of hydrogen-bond donors (Lipinski definition) is 2. The van der Waals surface area contributed by atoms with Crippen LogP contribution < -0.4 is 15.7 Å². The van der Waals surface area contributed by atoms with Crippen LogP contribution >= 0.6 is 0 Å². The number of piperidine rings is 1. The number of nitrogens with one attached hydrogen (secondary N) is 2. The molecule has 2 N–H and O–H groups in total. The molecule has 2 aromatic heterocycles. The van der Waals surface area contributed by atoms with Crippen LogP contribution in [0.2, 0.25) is 0 Å². The number of ether oxygens (including phenoxy) is 3. The van der Waals surface area contributed by atoms with E-state index in [9.17, 15) is 14.4 Å². The number of esters is 2. The molecule has 3 aromatic rings. The second-order valence-electron chi connectivity index (χ2n) is 11.9. The standard InChI is InChI=1S/C32H42N6O7/c1-19-28(43-21(3)39)29(44-22(4)40)20(2)42-31(19)45-36-30(41)24-16-34-32(35-17-24)38-12-10-23(11-13-38)14-33-15-25-18-37(5)27-9-7-6-8-26(25)27/h6-9,16-20,23,28-29,31,33H,10-15H2,1-5H3,(H,36,41)/t19-,20-,28-,29+,31-/m0/s1. The first-order chi connectivity index (χ1) is 21.6. The molecule has 0 bridgehead atoms. The Bertz CT molecular complexity index is 1490. The molecule has 13 nitrogen and oxygen atoms in total. The van der Waals surface area contributed by atoms with Crippen LogP contribution in [0.25, 0.3) is 10.9 Å². The lowest BCUT2D eigenvalue weighted by Gasteiger charge is -2.42. The number of carbonyl (C=O) groups excluding carboxylic acids is 3. The van der Waals surface area contributed by atoms with Gasteiger partial charge in [-0.2, -0.15) is 0 Å². The van der Waals surface area contributed by atoms with Gasteiger partial charge in [0.25, 0.3) is 5.91 Å². The highest BCUT2D eigenvalue weighted by atomic mass is 16.8. The Hall–Kier alpha value is -4.07. The normalized spacial score (nSPS) is 23.9. The molecule has 2 saturated heterocycles. The van der Waals surface area contributed by atoms with E-state index in [0.717, 1.165) is 39.0 Å². The van der Waals surface area contributed by atoms with E-state index >= 15 is 0 Å². The van der Waals surface area contributed by atoms with E-state index in [4.69, 9.17) is 19.0 Å². The predicted molar refractivity (Wildman–Crippen MR) is 165 cm³/mol. The zero-order valence-electron chi connectivity index (χ0n) is 26.4. The molecule has 0 unspecified atom stereocenters. The van der Waals surface area contributed by atoms with Crippen molar-refractivity contribution in [1.29, 1.82) is 0 Å². The molecule has 0 saturated carbocycles. The fourth-order valence-corrected chi connectivity index (χ4v) is 6.08. The average molecular weight is 623 g/mol. The van der Waals surface area contributed by atoms with Crippen LogP contribution in [0, 0.1) is 11.8 Å². The molecule has 5 rings (SSSR count). The molecule has 242 valence electrons. The summed E-state index contributed by atoms with van der Waals surface area (Å²) in [6, 6.07) is 8.46. The number of anilines is 1. The minimum atomic E-state index is -0.955. The van der Waals surface area contributed by atoms with Gasteiger partial charge in [0.2, 0.25) is 5.95 Å². The van der Waals surface area contributed by atoms with Crippen molar-refractivity contribution in [3.05, 3.63) is 54.0 Å². The Morgan fingerprint density at radius 1 is 1.00 bits per heavy atom. The molecule has 45 heavy (non-hydrogen) atoms. The second-order valence-corrected chi connectivity index (χ2v) is 11.9. The second kappa shape index (κ2) is 14.4. The van der Waals surface area contributed by atoms with Gasteiger partial charge in [0.05, 0.1) is 17.6 Å². The molecule has 4 heterocycles. The first-order valence-electron chi connectivity index (χ1n) is 15.4. The molecule has 2 fully saturated rings. The molecule has 5 atom stereocenters. The molecule has 0 aliphatic carbocycles. The Balaban J connectivity index is 1.07. The maximum absolute atomic E-state index is 12.8. The van der Waals surface area contributed by atoms with E-state index in [1.807, 2.05) is 0 Å². The maximum Gasteiger partial charge on any atom is 0.303 e. The predicted octanol–water partition coefficient (Wildman–Crippen LogP) is 2.88. The van der Waals surface area contributed by atoms with Gasteiger partial charge in [0.1, 0.15) is 6.10 Å². The van der Waals surface area contributed by atoms with Gasteiger partial charge in [-0.25, -0.2) is 20.3 Å². The first kappa shape index (κ1) is 32.3. The number of benzene rings is 1. The number of rotatable bonds is 10. The highest BCUT2D eigenvalue weighted by Gasteiger charge is 2.47. The van der Waals surface area contributed by atoms with Crippen LogP contribution in [0.4, 0.5) is 5.95 Å². The molecular formula is C32H42N6O7. The molecule has 2 aliphatic heterocycles. The average Bonchev–Trinajstić information content (AvgIpc) is 3.35. The van der Waals surface area contributed by atoms with E-state index in [0.29, 0.717) is 11.9 Å². The topological polar surface area (TPSA) is 146 Å². The lowest BCUT2D eigenvalue weighted by Crippen LogP contribution is -2.57. The van der Waals surface area contributed by atoms with Crippen LogP contribution in [0.1, 0.15) is 56.5 Å². The van der Waals surface area contributed by atoms with Crippen molar-refractivity contribution in [2.45, 2.75) is 71.7 Å². The summed E-state index contributed by atoms with van der Waals surface area (Å²) >= 11 is 0. The number of hydroxylamine groups is 1. The van der Waals surface area contributed by atoms with Crippen molar-refractivity contribution < 1.29 is 33.4 Å². The van der Waals surface area contributed by atoms with Crippen molar-refractivity contribution in [2.24, 2.45) is 18.9 Å². The Morgan fingerprint density at radius 2 is 1.67 bits per heavy atom. The summed E-state index contributed by atoms with van der Waals surface area (Å²) in [7, 11) is 2.08. The molecule has 2 aliphatic rings. The van der Waals surface area contributed by atoms with Gasteiger partial charge in [0.15, 0.2) is 12.4 Å². The maximum atomic E-state index is 12.8. The molecular weight excluding hydrogens is 580 g/mol. The third-order valence-electron chi connectivity index (χ3n) is 8.48. The quantitative estimate of drug-likeness (QED) is 0.254. The Labute approximate surface area is 262 Å². The van der Waals surface area contributed by atoms with Gasteiger partial charge in [-0.3, -0.25) is 14.4 Å². The minimum absolute atomic E-state index is 0.220. The van der Waals surface area contributed by atoms with Crippen molar-refractivity contribution in [1.82, 2.24) is 25.3 Å². The monoisotopic (exact) mass is 622 g/mol. The highest BCUT2D eigenvalue weighted by Crippen LogP contribution is 2.31. The van der Waals surface area contributed by atoms with Gasteiger partial charge in [-0.1, -0.05) is 25.1 Å². The van der Waals surface area contributed by atoms with E-state index in [1.165, 1.54) is 42.7 Å². The third-order valence-corrected chi connectivity index (χ3v) is 8.48. The molecule has 1 amide bonds. The van der Waals surface area contributed by atoms with Crippen molar-refractivity contribution in [2.75, 3.05) is 24.5 Å². The molecule has 1 aromatic carbocycles. The summed E-state index contributed by atoms with van der Waals surface area (Å²) in [5.74, 6) is -1.01. The van der Waals surface area contributed by atoms with E-state index < -0.39 is 48.4 Å². The fraction of sp³-hybridized carbons (Fsp3) is 0.531. The van der Waals surface area contributed by atoms with Crippen molar-refractivity contribution >= 4 is 34.7 Å². The summed E-state index contributed by atoms with van der Waals surface area (Å²) in [4.78, 5) is 52.6. The van der Waals surface area contributed by atoms with Gasteiger partial charge < -0.3 is 29.0 Å². The van der Waals surface area contributed by atoms with Gasteiger partial charge in [0, 0.05) is 70.0 Å². The zero-order valence-corrected chi connectivity index (χ0v) is 26.4. The summed E-state index contributed by atoms with van der Waals surface area (Å²) in [6.07, 6.45) is 3.93. The Morgan fingerprint density at radius 3 is 2.36 bits per heavy atom. The number of para-hydroxylation sites is 1. The van der Waals surface area contributed by atoms with Crippen LogP contribution in [0.15, 0.2) is 42.9 Å². The van der Waals surface area contributed by atoms with Crippen LogP contribution in [-0.4, -0.2) is 76.6 Å². The number of carbonyl (C=O) groups is 3. The Kier molecular flexibility index (Phi) is 10.3. The van der Waals surface area contributed by atoms with Gasteiger partial charge >= 0.3 is 11.9 Å². The van der Waals surface area contributed by atoms with Gasteiger partial charge in [-0.15, -0.1) is 0 Å². The number of aryl methyl sites for hydroxylation is 1. The summed E-state index contributed by atoms with van der Waals surface area (Å²) < 4.78 is 18.8. The van der Waals surface area contributed by atoms with Crippen molar-refractivity contribution in [3.63, 3.8) is 0 Å². The summed E-state index contributed by atoms with van der Waals surface area (Å²) in [5.41, 5.74) is 5.15. The molecule has 0 radical (unpaired) electrons. The van der Waals surface area contributed by atoms with Crippen LogP contribution in [0.3, 0.4) is 0 Å². The number of aromatic nitrogens is 3. The summed E-state index contributed by atoms with van der Waals surface area (Å²) in [5, 5.41) is 4.93. The van der Waals surface area contributed by atoms with E-state index in [2.05, 4.69) is 67.7 Å². The number of fused-ring (bicyclic) bond motifs is 1. The number of amides is 1. The smallest absolute Gasteiger partial charge is 0.303 e. The minimum Gasteiger partial charge on any atom is -0.458 e. The van der Waals surface area contributed by atoms with Crippen LogP contribution in [0.5, 0.6) is 0 Å².